The summed E-state index contributed by atoms with van der Waals surface area (Å²) in [5.41, 5.74) is 6.99. The van der Waals surface area contributed by atoms with Crippen LogP contribution in [0.5, 0.6) is 0 Å². The Bertz CT molecular complexity index is 694. The van der Waals surface area contributed by atoms with E-state index >= 15 is 0 Å². The molecule has 7 heteroatoms. The van der Waals surface area contributed by atoms with Crippen molar-refractivity contribution in [1.82, 2.24) is 4.57 Å². The summed E-state index contributed by atoms with van der Waals surface area (Å²) < 4.78 is 19.3. The molecule has 1 unspecified atom stereocenters. The lowest BCUT2D eigenvalue weighted by Gasteiger charge is -2.16. The van der Waals surface area contributed by atoms with Crippen molar-refractivity contribution in [1.29, 1.82) is 0 Å². The Hall–Kier alpha value is -2.67. The Morgan fingerprint density at radius 3 is 2.45 bits per heavy atom. The number of rotatable bonds is 5. The average Bonchev–Trinajstić information content (AvgIpc) is 2.91. The highest BCUT2D eigenvalue weighted by Crippen LogP contribution is 2.24. The van der Waals surface area contributed by atoms with E-state index < -0.39 is 23.8 Å². The maximum atomic E-state index is 13.1. The summed E-state index contributed by atoms with van der Waals surface area (Å²) in [4.78, 5) is 22.7. The number of carboxylic acids is 1. The minimum absolute atomic E-state index is 0.185. The van der Waals surface area contributed by atoms with Gasteiger partial charge in [-0.3, -0.25) is 4.79 Å². The molecule has 0 spiro atoms. The molecule has 0 bridgehead atoms. The van der Waals surface area contributed by atoms with E-state index in [9.17, 15) is 14.0 Å². The molecular formula is C15H15FN2O4. The minimum Gasteiger partial charge on any atom is -0.481 e. The van der Waals surface area contributed by atoms with Gasteiger partial charge in [0.25, 0.3) is 0 Å². The highest BCUT2D eigenvalue weighted by atomic mass is 19.1. The molecular weight excluding hydrogens is 291 g/mol. The predicted molar refractivity (Wildman–Crippen MR) is 76.2 cm³/mol. The van der Waals surface area contributed by atoms with Crippen molar-refractivity contribution in [3.63, 3.8) is 0 Å². The van der Waals surface area contributed by atoms with E-state index in [4.69, 9.17) is 15.6 Å². The van der Waals surface area contributed by atoms with Crippen LogP contribution in [0.1, 0.15) is 28.6 Å². The molecule has 0 amide bonds. The Kier molecular flexibility index (Phi) is 4.57. The first-order valence-corrected chi connectivity index (χ1v) is 6.47. The zero-order valence-electron chi connectivity index (χ0n) is 11.8. The lowest BCUT2D eigenvalue weighted by Crippen LogP contribution is -2.20. The molecule has 116 valence electrons. The van der Waals surface area contributed by atoms with Gasteiger partial charge in [0.15, 0.2) is 0 Å². The van der Waals surface area contributed by atoms with E-state index in [-0.39, 0.29) is 12.1 Å². The van der Waals surface area contributed by atoms with Gasteiger partial charge in [-0.15, -0.1) is 0 Å². The van der Waals surface area contributed by atoms with Crippen LogP contribution in [0.25, 0.3) is 5.69 Å². The number of carboxylic acid groups (broad SMARTS) is 1. The molecule has 1 aromatic carbocycles. The molecule has 2 rings (SSSR count). The second-order valence-electron chi connectivity index (χ2n) is 4.65. The fraction of sp³-hybridized carbons (Fsp3) is 0.200. The van der Waals surface area contributed by atoms with Crippen molar-refractivity contribution in [3.05, 3.63) is 53.6 Å². The molecule has 22 heavy (non-hydrogen) atoms. The number of halogens is 1. The number of carbonyl (C=O) groups is 2. The van der Waals surface area contributed by atoms with Gasteiger partial charge < -0.3 is 20.1 Å². The van der Waals surface area contributed by atoms with Gasteiger partial charge in [-0.1, -0.05) is 0 Å². The maximum Gasteiger partial charge on any atom is 0.355 e. The number of benzene rings is 1. The number of carbonyl (C=O) groups excluding carboxylic acids is 1. The van der Waals surface area contributed by atoms with Gasteiger partial charge in [-0.05, 0) is 36.4 Å². The highest BCUT2D eigenvalue weighted by molar-refractivity contribution is 5.88. The number of hydrogen-bond acceptors (Lipinski definition) is 4. The number of methoxy groups -OCH3 is 1. The van der Waals surface area contributed by atoms with Crippen LogP contribution in [0.4, 0.5) is 4.39 Å². The second kappa shape index (κ2) is 6.40. The summed E-state index contributed by atoms with van der Waals surface area (Å²) in [6.07, 6.45) is -0.300. The van der Waals surface area contributed by atoms with Gasteiger partial charge in [0.05, 0.1) is 19.6 Å². The summed E-state index contributed by atoms with van der Waals surface area (Å²) in [6, 6.07) is 7.65. The fourth-order valence-corrected chi connectivity index (χ4v) is 2.18. The normalized spacial score (nSPS) is 12.0. The average molecular weight is 306 g/mol. The van der Waals surface area contributed by atoms with E-state index in [0.717, 1.165) is 0 Å². The maximum absolute atomic E-state index is 13.1. The summed E-state index contributed by atoms with van der Waals surface area (Å²) in [6.45, 7) is 0. The predicted octanol–water partition coefficient (Wildman–Crippen LogP) is 1.88. The van der Waals surface area contributed by atoms with Crippen LogP contribution in [-0.2, 0) is 9.53 Å². The van der Waals surface area contributed by atoms with E-state index in [0.29, 0.717) is 11.4 Å². The standard InChI is InChI=1S/C15H15FN2O4/c1-22-15(21)13-7-6-12(11(17)8-14(19)20)18(13)10-4-2-9(16)3-5-10/h2-7,11H,8,17H2,1H3,(H,19,20). The molecule has 3 N–H and O–H groups in total. The fourth-order valence-electron chi connectivity index (χ4n) is 2.18. The van der Waals surface area contributed by atoms with Crippen LogP contribution in [0.2, 0.25) is 0 Å². The van der Waals surface area contributed by atoms with Gasteiger partial charge in [0.1, 0.15) is 11.5 Å². The number of aromatic nitrogens is 1. The van der Waals surface area contributed by atoms with Gasteiger partial charge in [-0.25, -0.2) is 9.18 Å². The molecule has 0 radical (unpaired) electrons. The van der Waals surface area contributed by atoms with Gasteiger partial charge in [0, 0.05) is 11.4 Å². The van der Waals surface area contributed by atoms with Crippen LogP contribution < -0.4 is 5.73 Å². The Balaban J connectivity index is 2.55. The van der Waals surface area contributed by atoms with Crippen LogP contribution in [0, 0.1) is 5.82 Å². The van der Waals surface area contributed by atoms with E-state index in [1.165, 1.54) is 42.0 Å². The van der Waals surface area contributed by atoms with Crippen LogP contribution in [0.15, 0.2) is 36.4 Å². The minimum atomic E-state index is -1.06. The third kappa shape index (κ3) is 3.15. The molecule has 0 saturated heterocycles. The van der Waals surface area contributed by atoms with Crippen molar-refractivity contribution in [2.75, 3.05) is 7.11 Å². The molecule has 1 aromatic heterocycles. The molecule has 0 fully saturated rings. The molecule has 1 atom stereocenters. The summed E-state index contributed by atoms with van der Waals surface area (Å²) in [5, 5.41) is 8.87. The zero-order valence-corrected chi connectivity index (χ0v) is 11.8. The first kappa shape index (κ1) is 15.7. The smallest absolute Gasteiger partial charge is 0.355 e. The summed E-state index contributed by atoms with van der Waals surface area (Å²) in [5.74, 6) is -2.08. The number of nitrogens with zero attached hydrogens (tertiary/aromatic N) is 1. The highest BCUT2D eigenvalue weighted by Gasteiger charge is 2.22. The number of nitrogens with two attached hydrogens (primary N) is 1. The van der Waals surface area contributed by atoms with Crippen LogP contribution in [-0.4, -0.2) is 28.7 Å². The molecule has 2 aromatic rings. The molecule has 0 aliphatic rings. The quantitative estimate of drug-likeness (QED) is 0.822. The summed E-state index contributed by atoms with van der Waals surface area (Å²) in [7, 11) is 1.24. The Morgan fingerprint density at radius 2 is 1.91 bits per heavy atom. The van der Waals surface area contributed by atoms with Crippen LogP contribution in [0.3, 0.4) is 0 Å². The molecule has 6 nitrogen and oxygen atoms in total. The van der Waals surface area contributed by atoms with E-state index in [1.54, 1.807) is 6.07 Å². The zero-order chi connectivity index (χ0) is 16.3. The molecule has 1 heterocycles. The summed E-state index contributed by atoms with van der Waals surface area (Å²) >= 11 is 0. The van der Waals surface area contributed by atoms with Crippen LogP contribution >= 0.6 is 0 Å². The third-order valence-corrected chi connectivity index (χ3v) is 3.16. The van der Waals surface area contributed by atoms with Crippen molar-refractivity contribution >= 4 is 11.9 Å². The van der Waals surface area contributed by atoms with Gasteiger partial charge in [-0.2, -0.15) is 0 Å². The van der Waals surface area contributed by atoms with Gasteiger partial charge >= 0.3 is 11.9 Å². The second-order valence-corrected chi connectivity index (χ2v) is 4.65. The van der Waals surface area contributed by atoms with Crippen molar-refractivity contribution in [2.45, 2.75) is 12.5 Å². The first-order chi connectivity index (χ1) is 10.4. The van der Waals surface area contributed by atoms with Crippen molar-refractivity contribution < 1.29 is 23.8 Å². The van der Waals surface area contributed by atoms with Gasteiger partial charge in [0.2, 0.25) is 0 Å². The van der Waals surface area contributed by atoms with Crippen molar-refractivity contribution in [2.24, 2.45) is 5.73 Å². The Morgan fingerprint density at radius 1 is 1.27 bits per heavy atom. The molecule has 0 aliphatic heterocycles. The third-order valence-electron chi connectivity index (χ3n) is 3.16. The number of aliphatic carboxylic acids is 1. The largest absolute Gasteiger partial charge is 0.481 e. The first-order valence-electron chi connectivity index (χ1n) is 6.47. The molecule has 0 aliphatic carbocycles. The number of esters is 1. The van der Waals surface area contributed by atoms with Crippen molar-refractivity contribution in [3.8, 4) is 5.69 Å². The topological polar surface area (TPSA) is 94.6 Å². The number of ether oxygens (including phenoxy) is 1. The SMILES string of the molecule is COC(=O)c1ccc(C(N)CC(=O)O)n1-c1ccc(F)cc1. The Labute approximate surface area is 125 Å². The lowest BCUT2D eigenvalue weighted by molar-refractivity contribution is -0.137. The monoisotopic (exact) mass is 306 g/mol. The molecule has 0 saturated carbocycles. The lowest BCUT2D eigenvalue weighted by atomic mass is 10.1. The van der Waals surface area contributed by atoms with E-state index in [2.05, 4.69) is 0 Å². The number of hydrogen-bond donors (Lipinski definition) is 2. The van der Waals surface area contributed by atoms with E-state index in [1.807, 2.05) is 0 Å².